The maximum absolute atomic E-state index is 12.8. The van der Waals surface area contributed by atoms with Crippen LogP contribution in [0.2, 0.25) is 0 Å². The van der Waals surface area contributed by atoms with E-state index < -0.39 is 11.9 Å². The summed E-state index contributed by atoms with van der Waals surface area (Å²) < 4.78 is 5.68. The van der Waals surface area contributed by atoms with E-state index in [4.69, 9.17) is 9.84 Å². The van der Waals surface area contributed by atoms with Gasteiger partial charge in [-0.05, 0) is 31.5 Å². The molecular weight excluding hydrogens is 378 g/mol. The number of carboxylic acid groups (broad SMARTS) is 1. The zero-order chi connectivity index (χ0) is 20.5. The Morgan fingerprint density at radius 2 is 2.21 bits per heavy atom. The normalized spacial score (nSPS) is 16.3. The van der Waals surface area contributed by atoms with Crippen molar-refractivity contribution < 1.29 is 19.4 Å². The molecule has 29 heavy (non-hydrogen) atoms. The number of hydrogen-bond acceptors (Lipinski definition) is 6. The number of aromatic nitrogens is 4. The largest absolute Gasteiger partial charge is 0.493 e. The van der Waals surface area contributed by atoms with Crippen molar-refractivity contribution in [1.29, 1.82) is 0 Å². The SMILES string of the molecule is CCOc1cc(C(=O)N2CC[C@@H](C(=O)O)C2)ccc1-c1nc2nc[nH]c2c(=O)[nH]1. The lowest BCUT2D eigenvalue weighted by atomic mass is 10.1. The third-order valence-electron chi connectivity index (χ3n) is 4.90. The molecule has 0 bridgehead atoms. The van der Waals surface area contributed by atoms with E-state index in [-0.39, 0.29) is 35.0 Å². The summed E-state index contributed by atoms with van der Waals surface area (Å²) in [6.45, 7) is 2.74. The lowest BCUT2D eigenvalue weighted by Crippen LogP contribution is -2.30. The highest BCUT2D eigenvalue weighted by molar-refractivity contribution is 5.96. The minimum atomic E-state index is -0.894. The third-order valence-corrected chi connectivity index (χ3v) is 4.90. The van der Waals surface area contributed by atoms with Crippen LogP contribution >= 0.6 is 0 Å². The Morgan fingerprint density at radius 3 is 2.93 bits per heavy atom. The van der Waals surface area contributed by atoms with Crippen LogP contribution in [-0.4, -0.2) is 61.5 Å². The number of benzene rings is 1. The summed E-state index contributed by atoms with van der Waals surface area (Å²) in [4.78, 5) is 51.5. The van der Waals surface area contributed by atoms with Crippen LogP contribution in [0.1, 0.15) is 23.7 Å². The fraction of sp³-hybridized carbons (Fsp3) is 0.316. The average Bonchev–Trinajstić information content (AvgIpc) is 3.37. The summed E-state index contributed by atoms with van der Waals surface area (Å²) >= 11 is 0. The molecule has 2 aromatic heterocycles. The van der Waals surface area contributed by atoms with Crippen molar-refractivity contribution in [2.75, 3.05) is 19.7 Å². The molecule has 1 fully saturated rings. The standard InChI is InChI=1S/C19H19N5O5/c1-2-29-13-7-10(18(26)24-6-5-11(8-24)19(27)28)3-4-12(13)15-22-16-14(17(25)23-15)20-9-21-16/h3-4,7,9,11H,2,5-6,8H2,1H3,(H,27,28)(H2,20,21,22,23,25)/t11-/m1/s1. The zero-order valence-electron chi connectivity index (χ0n) is 15.6. The van der Waals surface area contributed by atoms with Crippen molar-refractivity contribution >= 4 is 23.0 Å². The van der Waals surface area contributed by atoms with Crippen molar-refractivity contribution in [3.63, 3.8) is 0 Å². The number of imidazole rings is 1. The number of carbonyl (C=O) groups is 2. The molecule has 0 unspecified atom stereocenters. The summed E-state index contributed by atoms with van der Waals surface area (Å²) in [6, 6.07) is 4.85. The molecule has 10 nitrogen and oxygen atoms in total. The molecule has 4 rings (SSSR count). The van der Waals surface area contributed by atoms with Gasteiger partial charge in [0.2, 0.25) is 0 Å². The average molecular weight is 397 g/mol. The maximum atomic E-state index is 12.8. The molecule has 0 saturated carbocycles. The number of H-pyrrole nitrogens is 2. The molecule has 150 valence electrons. The number of amides is 1. The molecule has 0 aliphatic carbocycles. The molecule has 3 heterocycles. The van der Waals surface area contributed by atoms with Gasteiger partial charge in [-0.15, -0.1) is 0 Å². The number of carbonyl (C=O) groups excluding carboxylic acids is 1. The fourth-order valence-corrected chi connectivity index (χ4v) is 3.43. The molecule has 1 atom stereocenters. The molecule has 3 N–H and O–H groups in total. The van der Waals surface area contributed by atoms with Crippen molar-refractivity contribution in [2.45, 2.75) is 13.3 Å². The number of rotatable bonds is 5. The predicted molar refractivity (Wildman–Crippen MR) is 103 cm³/mol. The third kappa shape index (κ3) is 3.44. The Kier molecular flexibility index (Phi) is 4.75. The number of nitrogens with one attached hydrogen (secondary N) is 2. The number of nitrogens with zero attached hydrogens (tertiary/aromatic N) is 3. The molecule has 0 radical (unpaired) electrons. The first-order chi connectivity index (χ1) is 14.0. The molecular formula is C19H19N5O5. The molecule has 0 spiro atoms. The van der Waals surface area contributed by atoms with E-state index in [1.807, 2.05) is 6.92 Å². The highest BCUT2D eigenvalue weighted by Crippen LogP contribution is 2.30. The topological polar surface area (TPSA) is 141 Å². The smallest absolute Gasteiger partial charge is 0.308 e. The Morgan fingerprint density at radius 1 is 1.38 bits per heavy atom. The molecule has 3 aromatic rings. The van der Waals surface area contributed by atoms with Gasteiger partial charge in [-0.2, -0.15) is 0 Å². The van der Waals surface area contributed by atoms with Gasteiger partial charge in [0, 0.05) is 18.7 Å². The Bertz CT molecular complexity index is 1150. The van der Waals surface area contributed by atoms with Crippen LogP contribution in [0.3, 0.4) is 0 Å². The van der Waals surface area contributed by atoms with Gasteiger partial charge in [0.1, 0.15) is 11.6 Å². The second-order valence-electron chi connectivity index (χ2n) is 6.73. The van der Waals surface area contributed by atoms with Gasteiger partial charge in [0.15, 0.2) is 11.2 Å². The molecule has 1 aliphatic rings. The highest BCUT2D eigenvalue weighted by Gasteiger charge is 2.31. The molecule has 1 saturated heterocycles. The van der Waals surface area contributed by atoms with Crippen molar-refractivity contribution in [1.82, 2.24) is 24.8 Å². The Labute approximate surface area is 164 Å². The van der Waals surface area contributed by atoms with E-state index in [1.54, 1.807) is 18.2 Å². The van der Waals surface area contributed by atoms with Crippen molar-refractivity contribution in [2.24, 2.45) is 5.92 Å². The lowest BCUT2D eigenvalue weighted by Gasteiger charge is -2.17. The van der Waals surface area contributed by atoms with Gasteiger partial charge < -0.3 is 24.7 Å². The highest BCUT2D eigenvalue weighted by atomic mass is 16.5. The molecule has 1 amide bonds. The van der Waals surface area contributed by atoms with E-state index in [9.17, 15) is 14.4 Å². The summed E-state index contributed by atoms with van der Waals surface area (Å²) in [5, 5.41) is 9.14. The van der Waals surface area contributed by atoms with Crippen LogP contribution in [-0.2, 0) is 4.79 Å². The number of ether oxygens (including phenoxy) is 1. The van der Waals surface area contributed by atoms with Gasteiger partial charge in [-0.25, -0.2) is 9.97 Å². The van der Waals surface area contributed by atoms with Crippen LogP contribution < -0.4 is 10.3 Å². The number of carboxylic acids is 1. The van der Waals surface area contributed by atoms with Crippen LogP contribution in [0, 0.1) is 5.92 Å². The van der Waals surface area contributed by atoms with Crippen LogP contribution in [0.25, 0.3) is 22.6 Å². The van der Waals surface area contributed by atoms with E-state index in [2.05, 4.69) is 19.9 Å². The van der Waals surface area contributed by atoms with Crippen LogP contribution in [0.4, 0.5) is 0 Å². The fourth-order valence-electron chi connectivity index (χ4n) is 3.43. The first kappa shape index (κ1) is 18.7. The number of aliphatic carboxylic acids is 1. The van der Waals surface area contributed by atoms with E-state index in [1.165, 1.54) is 11.2 Å². The predicted octanol–water partition coefficient (Wildman–Crippen LogP) is 1.26. The first-order valence-corrected chi connectivity index (χ1v) is 9.20. The maximum Gasteiger partial charge on any atom is 0.308 e. The molecule has 1 aromatic carbocycles. The zero-order valence-corrected chi connectivity index (χ0v) is 15.6. The summed E-state index contributed by atoms with van der Waals surface area (Å²) in [7, 11) is 0. The monoisotopic (exact) mass is 397 g/mol. The number of hydrogen-bond donors (Lipinski definition) is 3. The van der Waals surface area contributed by atoms with Gasteiger partial charge in [-0.1, -0.05) is 0 Å². The van der Waals surface area contributed by atoms with Gasteiger partial charge in [0.25, 0.3) is 11.5 Å². The number of likely N-dealkylation sites (tertiary alicyclic amines) is 1. The number of aromatic amines is 2. The Hall–Kier alpha value is -3.69. The first-order valence-electron chi connectivity index (χ1n) is 9.20. The lowest BCUT2D eigenvalue weighted by molar-refractivity contribution is -0.141. The second-order valence-corrected chi connectivity index (χ2v) is 6.73. The van der Waals surface area contributed by atoms with E-state index >= 15 is 0 Å². The van der Waals surface area contributed by atoms with E-state index in [0.717, 1.165) is 0 Å². The molecule has 10 heteroatoms. The van der Waals surface area contributed by atoms with Crippen molar-refractivity contribution in [3.8, 4) is 17.1 Å². The summed E-state index contributed by atoms with van der Waals surface area (Å²) in [5.41, 5.74) is 1.10. The Balaban J connectivity index is 1.69. The second kappa shape index (κ2) is 7.38. The van der Waals surface area contributed by atoms with Gasteiger partial charge in [-0.3, -0.25) is 14.4 Å². The van der Waals surface area contributed by atoms with Gasteiger partial charge in [0.05, 0.1) is 24.4 Å². The van der Waals surface area contributed by atoms with Crippen LogP contribution in [0.15, 0.2) is 29.3 Å². The minimum Gasteiger partial charge on any atom is -0.493 e. The summed E-state index contributed by atoms with van der Waals surface area (Å²) in [5.74, 6) is -1.02. The minimum absolute atomic E-state index is 0.185. The molecule has 1 aliphatic heterocycles. The number of fused-ring (bicyclic) bond motifs is 1. The van der Waals surface area contributed by atoms with Gasteiger partial charge >= 0.3 is 5.97 Å². The van der Waals surface area contributed by atoms with E-state index in [0.29, 0.717) is 36.4 Å². The quantitative estimate of drug-likeness (QED) is 0.588. The van der Waals surface area contributed by atoms with Crippen molar-refractivity contribution in [3.05, 3.63) is 40.4 Å². The van der Waals surface area contributed by atoms with Crippen LogP contribution in [0.5, 0.6) is 5.75 Å². The summed E-state index contributed by atoms with van der Waals surface area (Å²) in [6.07, 6.45) is 1.83.